The van der Waals surface area contributed by atoms with Crippen molar-refractivity contribution in [3.05, 3.63) is 35.9 Å². The van der Waals surface area contributed by atoms with Crippen LogP contribution in [0.4, 0.5) is 0 Å². The van der Waals surface area contributed by atoms with Gasteiger partial charge in [0.2, 0.25) is 5.91 Å². The Kier molecular flexibility index (Phi) is 8.89. The van der Waals surface area contributed by atoms with E-state index < -0.39 is 15.9 Å². The first-order valence-corrected chi connectivity index (χ1v) is 10.7. The summed E-state index contributed by atoms with van der Waals surface area (Å²) in [6, 6.07) is 9.75. The molecule has 1 unspecified atom stereocenters. The van der Waals surface area contributed by atoms with Gasteiger partial charge in [0.15, 0.2) is 0 Å². The second kappa shape index (κ2) is 10.1. The molecule has 0 saturated carbocycles. The normalized spacial score (nSPS) is 17.0. The summed E-state index contributed by atoms with van der Waals surface area (Å²) in [4.78, 5) is 14.1. The highest BCUT2D eigenvalue weighted by Gasteiger charge is 2.26. The molecule has 0 bridgehead atoms. The van der Waals surface area contributed by atoms with Crippen molar-refractivity contribution < 1.29 is 13.2 Å². The average Bonchev–Trinajstić information content (AvgIpc) is 2.58. The summed E-state index contributed by atoms with van der Waals surface area (Å²) < 4.78 is 22.4. The molecule has 1 aromatic rings. The highest BCUT2D eigenvalue weighted by molar-refractivity contribution is 7.90. The lowest BCUT2D eigenvalue weighted by molar-refractivity contribution is -0.134. The molecule has 1 atom stereocenters. The highest BCUT2D eigenvalue weighted by atomic mass is 35.5. The third-order valence-electron chi connectivity index (χ3n) is 4.73. The van der Waals surface area contributed by atoms with Gasteiger partial charge in [0.1, 0.15) is 9.84 Å². The maximum Gasteiger partial charge on any atom is 0.239 e. The van der Waals surface area contributed by atoms with E-state index in [9.17, 15) is 13.2 Å². The Labute approximate surface area is 157 Å². The number of carbonyl (C=O) groups is 1. The average molecular weight is 389 g/mol. The quantitative estimate of drug-likeness (QED) is 0.775. The van der Waals surface area contributed by atoms with Crippen LogP contribution in [0.5, 0.6) is 0 Å². The Morgan fingerprint density at radius 1 is 1.24 bits per heavy atom. The Morgan fingerprint density at radius 2 is 1.84 bits per heavy atom. The lowest BCUT2D eigenvalue weighted by Crippen LogP contribution is -2.47. The van der Waals surface area contributed by atoms with Crippen LogP contribution in [0.15, 0.2) is 30.3 Å². The number of hydrogen-bond donors (Lipinski definition) is 1. The van der Waals surface area contributed by atoms with Crippen LogP contribution in [0.2, 0.25) is 0 Å². The first-order chi connectivity index (χ1) is 11.3. The molecular weight excluding hydrogens is 360 g/mol. The lowest BCUT2D eigenvalue weighted by atomic mass is 9.90. The first-order valence-electron chi connectivity index (χ1n) is 8.61. The van der Waals surface area contributed by atoms with E-state index in [1.165, 1.54) is 11.8 Å². The minimum Gasteiger partial charge on any atom is -0.341 e. The van der Waals surface area contributed by atoms with Gasteiger partial charge >= 0.3 is 0 Å². The number of piperidine rings is 1. The molecule has 1 heterocycles. The van der Waals surface area contributed by atoms with Crippen molar-refractivity contribution in [2.75, 3.05) is 25.1 Å². The number of rotatable bonds is 7. The van der Waals surface area contributed by atoms with Gasteiger partial charge in [-0.3, -0.25) is 4.79 Å². The summed E-state index contributed by atoms with van der Waals surface area (Å²) in [6.45, 7) is 1.45. The van der Waals surface area contributed by atoms with E-state index in [2.05, 4.69) is 24.3 Å². The highest BCUT2D eigenvalue weighted by Crippen LogP contribution is 2.23. The van der Waals surface area contributed by atoms with Crippen LogP contribution in [-0.2, 0) is 21.1 Å². The molecule has 5 nitrogen and oxygen atoms in total. The van der Waals surface area contributed by atoms with Crippen LogP contribution < -0.4 is 5.73 Å². The number of benzene rings is 1. The number of amides is 1. The number of carbonyl (C=O) groups excluding carboxylic acids is 1. The van der Waals surface area contributed by atoms with E-state index in [0.717, 1.165) is 38.8 Å². The van der Waals surface area contributed by atoms with Crippen molar-refractivity contribution in [1.29, 1.82) is 0 Å². The van der Waals surface area contributed by atoms with E-state index in [-0.39, 0.29) is 30.5 Å². The Morgan fingerprint density at radius 3 is 2.40 bits per heavy atom. The number of likely N-dealkylation sites (tertiary alicyclic amines) is 1. The van der Waals surface area contributed by atoms with Crippen molar-refractivity contribution in [1.82, 2.24) is 4.90 Å². The number of nitrogens with zero attached hydrogens (tertiary/aromatic N) is 1. The Bertz CT molecular complexity index is 629. The van der Waals surface area contributed by atoms with E-state index in [1.54, 1.807) is 4.90 Å². The largest absolute Gasteiger partial charge is 0.341 e. The molecule has 1 aliphatic heterocycles. The fourth-order valence-electron chi connectivity index (χ4n) is 3.16. The van der Waals surface area contributed by atoms with Crippen molar-refractivity contribution in [3.63, 3.8) is 0 Å². The molecule has 1 saturated heterocycles. The maximum atomic E-state index is 12.3. The lowest BCUT2D eigenvalue weighted by Gasteiger charge is -2.33. The van der Waals surface area contributed by atoms with Crippen molar-refractivity contribution in [2.45, 2.75) is 38.1 Å². The summed E-state index contributed by atoms with van der Waals surface area (Å²) in [5, 5.41) is 0. The molecule has 1 fully saturated rings. The molecule has 7 heteroatoms. The van der Waals surface area contributed by atoms with Gasteiger partial charge in [-0.2, -0.15) is 0 Å². The van der Waals surface area contributed by atoms with Crippen LogP contribution in [0, 0.1) is 5.92 Å². The second-order valence-electron chi connectivity index (χ2n) is 6.82. The fraction of sp³-hybridized carbons (Fsp3) is 0.611. The number of halogens is 1. The molecule has 2 N–H and O–H groups in total. The molecule has 1 aliphatic rings. The molecule has 142 valence electrons. The van der Waals surface area contributed by atoms with Crippen LogP contribution >= 0.6 is 12.4 Å². The van der Waals surface area contributed by atoms with E-state index in [4.69, 9.17) is 5.73 Å². The summed E-state index contributed by atoms with van der Waals surface area (Å²) in [7, 11) is -3.08. The maximum absolute atomic E-state index is 12.3. The number of aryl methyl sites for hydroxylation is 1. The Hall–Kier alpha value is -1.11. The third kappa shape index (κ3) is 7.75. The fourth-order valence-corrected chi connectivity index (χ4v) is 3.84. The zero-order valence-electron chi connectivity index (χ0n) is 14.8. The van der Waals surface area contributed by atoms with Crippen molar-refractivity contribution in [3.8, 4) is 0 Å². The van der Waals surface area contributed by atoms with Gasteiger partial charge < -0.3 is 10.6 Å². The van der Waals surface area contributed by atoms with Gasteiger partial charge in [0.05, 0.1) is 11.8 Å². The van der Waals surface area contributed by atoms with Gasteiger partial charge in [0.25, 0.3) is 0 Å². The third-order valence-corrected chi connectivity index (χ3v) is 5.70. The summed E-state index contributed by atoms with van der Waals surface area (Å²) in [5.41, 5.74) is 7.23. The van der Waals surface area contributed by atoms with Crippen LogP contribution in [0.3, 0.4) is 0 Å². The summed E-state index contributed by atoms with van der Waals surface area (Å²) in [5.74, 6) is 0.495. The number of hydrogen-bond acceptors (Lipinski definition) is 4. The first kappa shape index (κ1) is 21.9. The zero-order chi connectivity index (χ0) is 17.6. The second-order valence-corrected chi connectivity index (χ2v) is 9.08. The van der Waals surface area contributed by atoms with Gasteiger partial charge in [-0.25, -0.2) is 8.42 Å². The minimum atomic E-state index is -3.08. The molecular formula is C18H29ClN2O3S. The standard InChI is InChI=1S/C18H28N2O3S.ClH/c1-24(22,23)14-11-17(19)18(21)20-12-9-16(10-13-20)8-7-15-5-3-2-4-6-15;/h2-6,16-17H,7-14,19H2,1H3;1H. The van der Waals surface area contributed by atoms with Crippen LogP contribution in [0.1, 0.15) is 31.2 Å². The van der Waals surface area contributed by atoms with Crippen molar-refractivity contribution in [2.24, 2.45) is 11.7 Å². The smallest absolute Gasteiger partial charge is 0.239 e. The van der Waals surface area contributed by atoms with Gasteiger partial charge in [0, 0.05) is 19.3 Å². The van der Waals surface area contributed by atoms with E-state index >= 15 is 0 Å². The molecule has 1 aromatic carbocycles. The predicted molar refractivity (Wildman–Crippen MR) is 104 cm³/mol. The predicted octanol–water partition coefficient (Wildman–Crippen LogP) is 2.04. The molecule has 1 amide bonds. The summed E-state index contributed by atoms with van der Waals surface area (Å²) >= 11 is 0. The molecule has 0 spiro atoms. The molecule has 2 rings (SSSR count). The molecule has 0 aromatic heterocycles. The topological polar surface area (TPSA) is 80.5 Å². The van der Waals surface area contributed by atoms with Gasteiger partial charge in [-0.05, 0) is 43.6 Å². The monoisotopic (exact) mass is 388 g/mol. The minimum absolute atomic E-state index is 0. The van der Waals surface area contributed by atoms with Crippen LogP contribution in [-0.4, -0.2) is 50.4 Å². The number of nitrogens with two attached hydrogens (primary N) is 1. The SMILES string of the molecule is CS(=O)(=O)CCC(N)C(=O)N1CCC(CCc2ccccc2)CC1.Cl. The molecule has 0 aliphatic carbocycles. The molecule has 0 radical (unpaired) electrons. The number of sulfone groups is 1. The van der Waals surface area contributed by atoms with Crippen LogP contribution in [0.25, 0.3) is 0 Å². The summed E-state index contributed by atoms with van der Waals surface area (Å²) in [6.07, 6.45) is 5.59. The van der Waals surface area contributed by atoms with Crippen molar-refractivity contribution >= 4 is 28.2 Å². The Balaban J connectivity index is 0.00000312. The molecule has 25 heavy (non-hydrogen) atoms. The van der Waals surface area contributed by atoms with Gasteiger partial charge in [-0.15, -0.1) is 12.4 Å². The van der Waals surface area contributed by atoms with Gasteiger partial charge in [-0.1, -0.05) is 30.3 Å². The van der Waals surface area contributed by atoms with E-state index in [1.807, 2.05) is 6.07 Å². The van der Waals surface area contributed by atoms with E-state index in [0.29, 0.717) is 5.92 Å². The zero-order valence-corrected chi connectivity index (χ0v) is 16.4.